The molecule has 120 valence electrons. The van der Waals surface area contributed by atoms with Gasteiger partial charge in [-0.3, -0.25) is 0 Å². The SMILES string of the molecule is C=C(C)/C=C(\C)c1ccc(Cl)cc1Nc1ccccc1CCC. The standard InChI is InChI=1S/C21H24ClN/c1-5-8-17-9-6-7-10-20(17)23-21-14-18(22)11-12-19(21)16(4)13-15(2)3/h6-7,9-14,23H,2,5,8H2,1,3-4H3/b16-13+. The maximum absolute atomic E-state index is 6.22. The maximum atomic E-state index is 6.22. The van der Waals surface area contributed by atoms with Crippen molar-refractivity contribution in [2.45, 2.75) is 33.6 Å². The molecule has 0 aliphatic carbocycles. The highest BCUT2D eigenvalue weighted by molar-refractivity contribution is 6.31. The molecule has 0 saturated carbocycles. The zero-order chi connectivity index (χ0) is 16.8. The third-order valence-electron chi connectivity index (χ3n) is 3.68. The second-order valence-electron chi connectivity index (χ2n) is 5.90. The summed E-state index contributed by atoms with van der Waals surface area (Å²) < 4.78 is 0. The first-order chi connectivity index (χ1) is 11.0. The van der Waals surface area contributed by atoms with Gasteiger partial charge in [0.05, 0.1) is 0 Å². The van der Waals surface area contributed by atoms with Gasteiger partial charge in [-0.25, -0.2) is 0 Å². The summed E-state index contributed by atoms with van der Waals surface area (Å²) in [6.07, 6.45) is 4.27. The van der Waals surface area contributed by atoms with Gasteiger partial charge in [0.2, 0.25) is 0 Å². The van der Waals surface area contributed by atoms with E-state index in [1.807, 2.05) is 19.1 Å². The second-order valence-corrected chi connectivity index (χ2v) is 6.33. The van der Waals surface area contributed by atoms with Crippen LogP contribution in [0.5, 0.6) is 0 Å². The Morgan fingerprint density at radius 3 is 2.57 bits per heavy atom. The Labute approximate surface area is 144 Å². The molecule has 0 aliphatic heterocycles. The molecule has 23 heavy (non-hydrogen) atoms. The van der Waals surface area contributed by atoms with Crippen LogP contribution in [-0.2, 0) is 6.42 Å². The number of allylic oxidation sites excluding steroid dienone is 3. The van der Waals surface area contributed by atoms with Crippen LogP contribution in [0, 0.1) is 0 Å². The average Bonchev–Trinajstić information content (AvgIpc) is 2.49. The number of rotatable bonds is 6. The quantitative estimate of drug-likeness (QED) is 0.563. The third kappa shape index (κ3) is 4.74. The Kier molecular flexibility index (Phi) is 6.06. The summed E-state index contributed by atoms with van der Waals surface area (Å²) in [4.78, 5) is 0. The molecule has 0 fully saturated rings. The molecule has 0 aliphatic rings. The fourth-order valence-corrected chi connectivity index (χ4v) is 2.86. The lowest BCUT2D eigenvalue weighted by Crippen LogP contribution is -1.99. The summed E-state index contributed by atoms with van der Waals surface area (Å²) in [6.45, 7) is 10.3. The number of para-hydroxylation sites is 1. The van der Waals surface area contributed by atoms with E-state index in [2.05, 4.69) is 62.2 Å². The molecule has 1 N–H and O–H groups in total. The highest BCUT2D eigenvalue weighted by atomic mass is 35.5. The molecule has 2 heteroatoms. The fourth-order valence-electron chi connectivity index (χ4n) is 2.69. The Morgan fingerprint density at radius 2 is 1.87 bits per heavy atom. The van der Waals surface area contributed by atoms with E-state index in [1.54, 1.807) is 0 Å². The zero-order valence-electron chi connectivity index (χ0n) is 14.1. The largest absolute Gasteiger partial charge is 0.355 e. The van der Waals surface area contributed by atoms with E-state index in [9.17, 15) is 0 Å². The minimum absolute atomic E-state index is 0.729. The highest BCUT2D eigenvalue weighted by Crippen LogP contribution is 2.31. The summed E-state index contributed by atoms with van der Waals surface area (Å²) in [7, 11) is 0. The van der Waals surface area contributed by atoms with E-state index >= 15 is 0 Å². The Morgan fingerprint density at radius 1 is 1.13 bits per heavy atom. The van der Waals surface area contributed by atoms with E-state index in [1.165, 1.54) is 11.1 Å². The number of hydrogen-bond acceptors (Lipinski definition) is 1. The van der Waals surface area contributed by atoms with Gasteiger partial charge in [-0.1, -0.05) is 67.4 Å². The van der Waals surface area contributed by atoms with E-state index in [-0.39, 0.29) is 0 Å². The van der Waals surface area contributed by atoms with E-state index < -0.39 is 0 Å². The van der Waals surface area contributed by atoms with Crippen LogP contribution in [0.4, 0.5) is 11.4 Å². The van der Waals surface area contributed by atoms with Crippen LogP contribution in [0.2, 0.25) is 5.02 Å². The maximum Gasteiger partial charge on any atom is 0.0475 e. The molecule has 0 spiro atoms. The van der Waals surface area contributed by atoms with Crippen LogP contribution in [0.1, 0.15) is 38.3 Å². The molecular weight excluding hydrogens is 302 g/mol. The number of hydrogen-bond donors (Lipinski definition) is 1. The molecule has 0 aromatic heterocycles. The van der Waals surface area contributed by atoms with E-state index in [0.29, 0.717) is 0 Å². The second kappa shape index (κ2) is 8.03. The van der Waals surface area contributed by atoms with Crippen molar-refractivity contribution in [2.75, 3.05) is 5.32 Å². The van der Waals surface area contributed by atoms with Crippen LogP contribution in [0.3, 0.4) is 0 Å². The summed E-state index contributed by atoms with van der Waals surface area (Å²) in [5.74, 6) is 0. The highest BCUT2D eigenvalue weighted by Gasteiger charge is 2.08. The first-order valence-corrected chi connectivity index (χ1v) is 8.37. The molecule has 2 rings (SSSR count). The van der Waals surface area contributed by atoms with Crippen molar-refractivity contribution in [3.63, 3.8) is 0 Å². The van der Waals surface area contributed by atoms with Crippen molar-refractivity contribution in [3.8, 4) is 0 Å². The lowest BCUT2D eigenvalue weighted by molar-refractivity contribution is 0.923. The predicted molar refractivity (Wildman–Crippen MR) is 104 cm³/mol. The van der Waals surface area contributed by atoms with Gasteiger partial charge in [0.1, 0.15) is 0 Å². The Hall–Kier alpha value is -1.99. The van der Waals surface area contributed by atoms with Crippen molar-refractivity contribution in [3.05, 3.63) is 76.8 Å². The monoisotopic (exact) mass is 325 g/mol. The van der Waals surface area contributed by atoms with Crippen molar-refractivity contribution >= 4 is 28.5 Å². The topological polar surface area (TPSA) is 12.0 Å². The Bertz CT molecular complexity index is 728. The van der Waals surface area contributed by atoms with E-state index in [4.69, 9.17) is 11.6 Å². The minimum Gasteiger partial charge on any atom is -0.355 e. The number of halogens is 1. The van der Waals surface area contributed by atoms with Crippen LogP contribution in [0.15, 0.2) is 60.7 Å². The lowest BCUT2D eigenvalue weighted by atomic mass is 10.0. The van der Waals surface area contributed by atoms with Crippen LogP contribution >= 0.6 is 11.6 Å². The lowest BCUT2D eigenvalue weighted by Gasteiger charge is -2.16. The molecule has 0 radical (unpaired) electrons. The average molecular weight is 326 g/mol. The first kappa shape index (κ1) is 17.4. The molecule has 2 aromatic rings. The molecule has 0 atom stereocenters. The molecular formula is C21H24ClN. The van der Waals surface area contributed by atoms with Crippen LogP contribution < -0.4 is 5.32 Å². The van der Waals surface area contributed by atoms with Crippen molar-refractivity contribution in [2.24, 2.45) is 0 Å². The van der Waals surface area contributed by atoms with Gasteiger partial charge < -0.3 is 5.32 Å². The molecule has 2 aromatic carbocycles. The van der Waals surface area contributed by atoms with Gasteiger partial charge >= 0.3 is 0 Å². The van der Waals surface area contributed by atoms with Crippen molar-refractivity contribution < 1.29 is 0 Å². The van der Waals surface area contributed by atoms with Gasteiger partial charge in [0.15, 0.2) is 0 Å². The van der Waals surface area contributed by atoms with Crippen molar-refractivity contribution in [1.82, 2.24) is 0 Å². The zero-order valence-corrected chi connectivity index (χ0v) is 14.9. The summed E-state index contributed by atoms with van der Waals surface area (Å²) >= 11 is 6.22. The predicted octanol–water partition coefficient (Wildman–Crippen LogP) is 7.02. The number of aryl methyl sites for hydroxylation is 1. The molecule has 0 bridgehead atoms. The normalized spacial score (nSPS) is 11.4. The smallest absolute Gasteiger partial charge is 0.0475 e. The summed E-state index contributed by atoms with van der Waals surface area (Å²) in [5, 5.41) is 4.29. The van der Waals surface area contributed by atoms with Gasteiger partial charge in [-0.15, -0.1) is 0 Å². The van der Waals surface area contributed by atoms with Gasteiger partial charge in [0.25, 0.3) is 0 Å². The molecule has 1 nitrogen and oxygen atoms in total. The number of benzene rings is 2. The summed E-state index contributed by atoms with van der Waals surface area (Å²) in [6, 6.07) is 14.4. The number of anilines is 2. The minimum atomic E-state index is 0.729. The van der Waals surface area contributed by atoms with Crippen LogP contribution in [0.25, 0.3) is 5.57 Å². The Balaban J connectivity index is 2.44. The number of nitrogens with one attached hydrogen (secondary N) is 1. The van der Waals surface area contributed by atoms with Gasteiger partial charge in [0, 0.05) is 22.0 Å². The molecule has 0 saturated heterocycles. The van der Waals surface area contributed by atoms with Crippen molar-refractivity contribution in [1.29, 1.82) is 0 Å². The summed E-state index contributed by atoms with van der Waals surface area (Å²) in [5.41, 5.74) is 6.84. The van der Waals surface area contributed by atoms with Gasteiger partial charge in [-0.2, -0.15) is 0 Å². The molecule has 0 amide bonds. The third-order valence-corrected chi connectivity index (χ3v) is 3.91. The fraction of sp³-hybridized carbons (Fsp3) is 0.238. The van der Waals surface area contributed by atoms with Gasteiger partial charge in [-0.05, 0) is 49.6 Å². The first-order valence-electron chi connectivity index (χ1n) is 8.00. The van der Waals surface area contributed by atoms with Crippen LogP contribution in [-0.4, -0.2) is 0 Å². The molecule has 0 unspecified atom stereocenters. The molecule has 0 heterocycles. The van der Waals surface area contributed by atoms with E-state index in [0.717, 1.165) is 40.4 Å².